The Kier molecular flexibility index (Phi) is 7.42. The van der Waals surface area contributed by atoms with Gasteiger partial charge in [-0.05, 0) is 31.9 Å². The molecule has 0 saturated carbocycles. The minimum Gasteiger partial charge on any atom is -0.368 e. The highest BCUT2D eigenvalue weighted by molar-refractivity contribution is 9.10. The highest BCUT2D eigenvalue weighted by Gasteiger charge is 2.69. The Hall–Kier alpha value is -0.540. The summed E-state index contributed by atoms with van der Waals surface area (Å²) in [5.74, 6) is -2.78. The van der Waals surface area contributed by atoms with Gasteiger partial charge in [-0.1, -0.05) is 53.9 Å². The second kappa shape index (κ2) is 9.30. The first-order chi connectivity index (χ1) is 13.7. The monoisotopic (exact) mass is 490 g/mol. The first-order valence-corrected chi connectivity index (χ1v) is 11.0. The Morgan fingerprint density at radius 3 is 2.66 bits per heavy atom. The Bertz CT molecular complexity index is 729. The fraction of sp³-hybridized carbons (Fsp3) is 0.667. The van der Waals surface area contributed by atoms with Crippen molar-refractivity contribution in [2.24, 2.45) is 0 Å². The van der Waals surface area contributed by atoms with E-state index in [1.54, 1.807) is 13.8 Å². The Balaban J connectivity index is 1.90. The molecule has 0 aliphatic carbocycles. The van der Waals surface area contributed by atoms with Crippen LogP contribution in [0.5, 0.6) is 0 Å². The van der Waals surface area contributed by atoms with E-state index < -0.39 is 36.0 Å². The lowest BCUT2D eigenvalue weighted by Gasteiger charge is -2.30. The number of hydrogen-bond acceptors (Lipinski definition) is 6. The number of rotatable bonds is 9. The molecular formula is C21H28BrClO6. The molecule has 1 aromatic rings. The molecule has 0 bridgehead atoms. The number of unbranched alkanes of at least 4 members (excludes halogenated alkanes) is 1. The highest BCUT2D eigenvalue weighted by Crippen LogP contribution is 2.48. The number of Topliss-reactive ketones (excluding diaryl/α,β-unsaturated/α-hetero) is 1. The standard InChI is InChI=1S/C21H28BrClO6/c1-5-6-11-16(28-23)17-18(25-12-14-9-7-8-10-15(14)22)19-21(26-17,13(2)24)29-20(3,4)27-19/h7-10,16-19H,5-6,11-12H2,1-4H3/t16-,17+,18-,19+,21+/m0/s1. The van der Waals surface area contributed by atoms with Gasteiger partial charge in [0.05, 0.1) is 18.5 Å². The summed E-state index contributed by atoms with van der Waals surface area (Å²) in [4.78, 5) is 12.6. The molecule has 0 spiro atoms. The zero-order valence-corrected chi connectivity index (χ0v) is 19.5. The van der Waals surface area contributed by atoms with Crippen LogP contribution in [0, 0.1) is 0 Å². The number of ether oxygens (including phenoxy) is 4. The van der Waals surface area contributed by atoms with Crippen LogP contribution in [-0.4, -0.2) is 41.8 Å². The molecule has 162 valence electrons. The third-order valence-electron chi connectivity index (χ3n) is 5.32. The molecule has 8 heteroatoms. The zero-order chi connectivity index (χ0) is 21.2. The average molecular weight is 492 g/mol. The Morgan fingerprint density at radius 2 is 2.03 bits per heavy atom. The summed E-state index contributed by atoms with van der Waals surface area (Å²) < 4.78 is 30.7. The maximum atomic E-state index is 12.6. The third kappa shape index (κ3) is 4.71. The van der Waals surface area contributed by atoms with Gasteiger partial charge in [0.1, 0.15) is 18.3 Å². The van der Waals surface area contributed by atoms with Crippen molar-refractivity contribution in [1.82, 2.24) is 0 Å². The summed E-state index contributed by atoms with van der Waals surface area (Å²) in [7, 11) is 0. The van der Waals surface area contributed by atoms with Crippen LogP contribution in [0.3, 0.4) is 0 Å². The van der Waals surface area contributed by atoms with Gasteiger partial charge in [-0.2, -0.15) is 0 Å². The van der Waals surface area contributed by atoms with Gasteiger partial charge in [-0.25, -0.2) is 0 Å². The summed E-state index contributed by atoms with van der Waals surface area (Å²) in [6.07, 6.45) is 0.173. The number of fused-ring (bicyclic) bond motifs is 1. The van der Waals surface area contributed by atoms with Gasteiger partial charge in [0.25, 0.3) is 5.79 Å². The van der Waals surface area contributed by atoms with Crippen LogP contribution >= 0.6 is 27.8 Å². The quantitative estimate of drug-likeness (QED) is 0.490. The van der Waals surface area contributed by atoms with Gasteiger partial charge >= 0.3 is 0 Å². The van der Waals surface area contributed by atoms with Crippen LogP contribution < -0.4 is 0 Å². The highest BCUT2D eigenvalue weighted by atomic mass is 79.9. The second-order valence-corrected chi connectivity index (χ2v) is 9.02. The molecule has 2 heterocycles. The van der Waals surface area contributed by atoms with Crippen molar-refractivity contribution in [1.29, 1.82) is 0 Å². The molecule has 2 aliphatic heterocycles. The lowest BCUT2D eigenvalue weighted by atomic mass is 9.97. The maximum Gasteiger partial charge on any atom is 0.261 e. The van der Waals surface area contributed by atoms with E-state index in [9.17, 15) is 4.79 Å². The first-order valence-electron chi connectivity index (χ1n) is 9.93. The minimum absolute atomic E-state index is 0.270. The third-order valence-corrected chi connectivity index (χ3v) is 6.32. The Morgan fingerprint density at radius 1 is 1.31 bits per heavy atom. The number of hydrogen-bond donors (Lipinski definition) is 0. The largest absolute Gasteiger partial charge is 0.368 e. The SMILES string of the molecule is CCCC[C@H](OCl)[C@H]1O[C@]2(C(C)=O)OC(C)(C)O[C@@H]2[C@H]1OCc1ccccc1Br. The molecule has 6 nitrogen and oxygen atoms in total. The molecule has 29 heavy (non-hydrogen) atoms. The van der Waals surface area contributed by atoms with Crippen molar-refractivity contribution in [3.05, 3.63) is 34.3 Å². The minimum atomic E-state index is -1.54. The van der Waals surface area contributed by atoms with Gasteiger partial charge in [0.2, 0.25) is 0 Å². The summed E-state index contributed by atoms with van der Waals surface area (Å²) in [5.41, 5.74) is 0.974. The Labute approximate surface area is 185 Å². The van der Waals surface area contributed by atoms with Crippen LogP contribution in [-0.2, 0) is 34.6 Å². The van der Waals surface area contributed by atoms with Crippen molar-refractivity contribution >= 4 is 33.6 Å². The van der Waals surface area contributed by atoms with Crippen LogP contribution in [0.2, 0.25) is 0 Å². The normalized spacial score (nSPS) is 31.6. The van der Waals surface area contributed by atoms with E-state index in [1.165, 1.54) is 6.92 Å². The smallest absolute Gasteiger partial charge is 0.261 e. The van der Waals surface area contributed by atoms with E-state index in [0.717, 1.165) is 22.9 Å². The molecule has 0 aromatic heterocycles. The fourth-order valence-corrected chi connectivity index (χ4v) is 4.53. The predicted octanol–water partition coefficient (Wildman–Crippen LogP) is 4.90. The van der Waals surface area contributed by atoms with Crippen LogP contribution in [0.4, 0.5) is 0 Å². The molecule has 0 amide bonds. The molecule has 2 saturated heterocycles. The molecule has 0 radical (unpaired) electrons. The van der Waals surface area contributed by atoms with Crippen LogP contribution in [0.25, 0.3) is 0 Å². The van der Waals surface area contributed by atoms with Gasteiger partial charge < -0.3 is 18.9 Å². The summed E-state index contributed by atoms with van der Waals surface area (Å²) >= 11 is 9.36. The van der Waals surface area contributed by atoms with Crippen molar-refractivity contribution in [3.8, 4) is 0 Å². The van der Waals surface area contributed by atoms with Crippen molar-refractivity contribution in [3.63, 3.8) is 0 Å². The molecular weight excluding hydrogens is 464 g/mol. The summed E-state index contributed by atoms with van der Waals surface area (Å²) in [5, 5.41) is 0. The fourth-order valence-electron chi connectivity index (χ4n) is 3.94. The number of carbonyl (C=O) groups excluding carboxylic acids is 1. The topological polar surface area (TPSA) is 63.2 Å². The van der Waals surface area contributed by atoms with Crippen molar-refractivity contribution in [2.45, 2.75) is 89.6 Å². The molecule has 0 unspecified atom stereocenters. The van der Waals surface area contributed by atoms with Crippen molar-refractivity contribution < 1.29 is 28.0 Å². The number of halogens is 2. The van der Waals surface area contributed by atoms with E-state index >= 15 is 0 Å². The molecule has 2 aliphatic rings. The lowest BCUT2D eigenvalue weighted by molar-refractivity contribution is -0.262. The van der Waals surface area contributed by atoms with Crippen molar-refractivity contribution in [2.75, 3.05) is 0 Å². The molecule has 3 rings (SSSR count). The molecule has 0 N–H and O–H groups in total. The zero-order valence-electron chi connectivity index (χ0n) is 17.2. The summed E-state index contributed by atoms with van der Waals surface area (Å²) in [6, 6.07) is 7.80. The van der Waals surface area contributed by atoms with Crippen LogP contribution in [0.15, 0.2) is 28.7 Å². The van der Waals surface area contributed by atoms with Gasteiger partial charge in [0.15, 0.2) is 17.7 Å². The van der Waals surface area contributed by atoms with Gasteiger partial charge in [-0.15, -0.1) is 0 Å². The second-order valence-electron chi connectivity index (χ2n) is 7.98. The maximum absolute atomic E-state index is 12.6. The van der Waals surface area contributed by atoms with Gasteiger partial charge in [-0.3, -0.25) is 9.08 Å². The van der Waals surface area contributed by atoms with E-state index in [0.29, 0.717) is 13.0 Å². The summed E-state index contributed by atoms with van der Waals surface area (Å²) in [6.45, 7) is 7.34. The van der Waals surface area contributed by atoms with E-state index in [2.05, 4.69) is 22.9 Å². The number of carbonyl (C=O) groups is 1. The lowest BCUT2D eigenvalue weighted by Crippen LogP contribution is -2.47. The predicted molar refractivity (Wildman–Crippen MR) is 111 cm³/mol. The van der Waals surface area contributed by atoms with Crippen LogP contribution in [0.1, 0.15) is 52.5 Å². The molecule has 2 fully saturated rings. The van der Waals surface area contributed by atoms with E-state index in [-0.39, 0.29) is 5.78 Å². The molecule has 5 atom stereocenters. The number of benzene rings is 1. The average Bonchev–Trinajstić information content (AvgIpc) is 3.10. The first kappa shape index (κ1) is 23.1. The van der Waals surface area contributed by atoms with E-state index in [4.69, 9.17) is 35.1 Å². The van der Waals surface area contributed by atoms with E-state index in [1.807, 2.05) is 24.3 Å². The molecule has 1 aromatic carbocycles. The van der Waals surface area contributed by atoms with Gasteiger partial charge in [0, 0.05) is 11.4 Å². The number of ketones is 1.